The largest absolute Gasteiger partial charge is 0.323 e. The van der Waals surface area contributed by atoms with Gasteiger partial charge in [0.2, 0.25) is 5.91 Å². The summed E-state index contributed by atoms with van der Waals surface area (Å²) in [5.74, 6) is -0.882. The van der Waals surface area contributed by atoms with E-state index >= 15 is 0 Å². The van der Waals surface area contributed by atoms with Gasteiger partial charge in [-0.15, -0.1) is 0 Å². The van der Waals surface area contributed by atoms with Crippen LogP contribution in [0.1, 0.15) is 15.9 Å². The van der Waals surface area contributed by atoms with E-state index in [1.165, 1.54) is 24.3 Å². The van der Waals surface area contributed by atoms with Crippen LogP contribution in [0.2, 0.25) is 0 Å². The van der Waals surface area contributed by atoms with E-state index in [2.05, 4.69) is 10.9 Å². The average Bonchev–Trinajstić information content (AvgIpc) is 3.21. The number of nitro benzene ring substituents is 1. The second-order valence-electron chi connectivity index (χ2n) is 5.71. The molecule has 0 saturated heterocycles. The molecular weight excluding hydrogens is 348 g/mol. The first-order chi connectivity index (χ1) is 13.0. The Morgan fingerprint density at radius 2 is 1.59 bits per heavy atom. The minimum Gasteiger partial charge on any atom is -0.323 e. The fourth-order valence-corrected chi connectivity index (χ4v) is 2.54. The van der Waals surface area contributed by atoms with Gasteiger partial charge in [-0.3, -0.25) is 30.6 Å². The van der Waals surface area contributed by atoms with Gasteiger partial charge >= 0.3 is 0 Å². The maximum Gasteiger partial charge on any atom is 0.271 e. The Balaban J connectivity index is 1.61. The Kier molecular flexibility index (Phi) is 5.27. The molecule has 0 saturated carbocycles. The van der Waals surface area contributed by atoms with Crippen LogP contribution in [-0.2, 0) is 11.2 Å². The molecule has 3 aromatic rings. The van der Waals surface area contributed by atoms with Crippen molar-refractivity contribution in [3.63, 3.8) is 0 Å². The summed E-state index contributed by atoms with van der Waals surface area (Å²) in [6.07, 6.45) is 3.62. The molecule has 0 aliphatic heterocycles. The smallest absolute Gasteiger partial charge is 0.271 e. The lowest BCUT2D eigenvalue weighted by Gasteiger charge is -2.12. The molecule has 3 rings (SSSR count). The molecule has 0 bridgehead atoms. The number of para-hydroxylation sites is 1. The Hall–Kier alpha value is -3.94. The van der Waals surface area contributed by atoms with E-state index in [0.717, 1.165) is 0 Å². The maximum absolute atomic E-state index is 12.4. The number of aromatic nitrogens is 1. The molecule has 136 valence electrons. The van der Waals surface area contributed by atoms with Gasteiger partial charge in [0.05, 0.1) is 22.6 Å². The van der Waals surface area contributed by atoms with Crippen LogP contribution in [-0.4, -0.2) is 21.3 Å². The first-order valence-corrected chi connectivity index (χ1v) is 8.09. The highest BCUT2D eigenvalue weighted by Gasteiger charge is 2.13. The van der Waals surface area contributed by atoms with Crippen molar-refractivity contribution in [3.05, 3.63) is 94.3 Å². The zero-order valence-corrected chi connectivity index (χ0v) is 14.2. The van der Waals surface area contributed by atoms with Crippen molar-refractivity contribution >= 4 is 17.5 Å². The number of hydrogen-bond donors (Lipinski definition) is 2. The number of nitro groups is 1. The summed E-state index contributed by atoms with van der Waals surface area (Å²) in [5, 5.41) is 10.6. The summed E-state index contributed by atoms with van der Waals surface area (Å²) in [5.41, 5.74) is 6.39. The predicted molar refractivity (Wildman–Crippen MR) is 98.2 cm³/mol. The predicted octanol–water partition coefficient (Wildman–Crippen LogP) is 2.39. The molecule has 27 heavy (non-hydrogen) atoms. The molecule has 2 aromatic carbocycles. The Morgan fingerprint density at radius 3 is 2.26 bits per heavy atom. The molecule has 0 aliphatic rings. The summed E-state index contributed by atoms with van der Waals surface area (Å²) >= 11 is 0. The maximum atomic E-state index is 12.4. The van der Waals surface area contributed by atoms with Crippen LogP contribution in [0.25, 0.3) is 5.69 Å². The molecule has 2 amide bonds. The van der Waals surface area contributed by atoms with Crippen LogP contribution in [0.3, 0.4) is 0 Å². The summed E-state index contributed by atoms with van der Waals surface area (Å²) in [6.45, 7) is 0. The third kappa shape index (κ3) is 4.37. The van der Waals surface area contributed by atoms with Gasteiger partial charge in [-0.2, -0.15) is 0 Å². The molecule has 0 spiro atoms. The number of carbonyl (C=O) groups excluding carboxylic acids is 2. The molecule has 8 nitrogen and oxygen atoms in total. The van der Waals surface area contributed by atoms with E-state index in [4.69, 9.17) is 0 Å². The van der Waals surface area contributed by atoms with Crippen molar-refractivity contribution in [2.24, 2.45) is 0 Å². The number of non-ortho nitro benzene ring substituents is 1. The van der Waals surface area contributed by atoms with Crippen molar-refractivity contribution in [3.8, 4) is 5.69 Å². The standard InChI is InChI=1S/C19H16N4O4/c24-18(13-14-7-9-15(10-8-14)23(26)27)20-21-19(25)16-5-1-2-6-17(16)22-11-3-4-12-22/h1-12H,13H2,(H,20,24)(H,21,25). The minimum absolute atomic E-state index is 0.0163. The number of amides is 2. The van der Waals surface area contributed by atoms with E-state index < -0.39 is 16.7 Å². The second-order valence-corrected chi connectivity index (χ2v) is 5.71. The van der Waals surface area contributed by atoms with Crippen molar-refractivity contribution < 1.29 is 14.5 Å². The fraction of sp³-hybridized carbons (Fsp3) is 0.0526. The topological polar surface area (TPSA) is 106 Å². The van der Waals surface area contributed by atoms with E-state index in [1.807, 2.05) is 30.6 Å². The second kappa shape index (κ2) is 7.96. The number of hydrazine groups is 1. The van der Waals surface area contributed by atoms with E-state index in [1.54, 1.807) is 22.8 Å². The number of benzene rings is 2. The number of rotatable bonds is 5. The minimum atomic E-state index is -0.508. The van der Waals surface area contributed by atoms with Crippen LogP contribution >= 0.6 is 0 Å². The molecule has 1 aromatic heterocycles. The normalized spacial score (nSPS) is 10.2. The zero-order valence-electron chi connectivity index (χ0n) is 14.2. The number of carbonyl (C=O) groups is 2. The van der Waals surface area contributed by atoms with Crippen LogP contribution < -0.4 is 10.9 Å². The molecule has 0 radical (unpaired) electrons. The monoisotopic (exact) mass is 364 g/mol. The Bertz CT molecular complexity index is 966. The van der Waals surface area contributed by atoms with Gasteiger partial charge in [0, 0.05) is 24.5 Å². The Labute approximate surface area is 154 Å². The van der Waals surface area contributed by atoms with Crippen LogP contribution in [0, 0.1) is 10.1 Å². The molecule has 0 atom stereocenters. The molecule has 0 fully saturated rings. The lowest BCUT2D eigenvalue weighted by molar-refractivity contribution is -0.384. The zero-order chi connectivity index (χ0) is 19.2. The number of hydrogen-bond acceptors (Lipinski definition) is 4. The van der Waals surface area contributed by atoms with Gasteiger partial charge in [-0.05, 0) is 29.8 Å². The summed E-state index contributed by atoms with van der Waals surface area (Å²) in [7, 11) is 0. The third-order valence-corrected chi connectivity index (χ3v) is 3.86. The van der Waals surface area contributed by atoms with Crippen molar-refractivity contribution in [2.75, 3.05) is 0 Å². The number of nitrogens with zero attached hydrogens (tertiary/aromatic N) is 2. The molecule has 8 heteroatoms. The lowest BCUT2D eigenvalue weighted by Crippen LogP contribution is -2.42. The van der Waals surface area contributed by atoms with Gasteiger partial charge in [0.1, 0.15) is 0 Å². The molecule has 0 aliphatic carbocycles. The number of nitrogens with one attached hydrogen (secondary N) is 2. The van der Waals surface area contributed by atoms with Gasteiger partial charge in [0.25, 0.3) is 11.6 Å². The van der Waals surface area contributed by atoms with Gasteiger partial charge in [-0.1, -0.05) is 24.3 Å². The first kappa shape index (κ1) is 17.9. The Morgan fingerprint density at radius 1 is 0.926 bits per heavy atom. The van der Waals surface area contributed by atoms with Crippen molar-refractivity contribution in [1.82, 2.24) is 15.4 Å². The highest BCUT2D eigenvalue weighted by atomic mass is 16.6. The van der Waals surface area contributed by atoms with Gasteiger partial charge < -0.3 is 4.57 Å². The highest BCUT2D eigenvalue weighted by molar-refractivity contribution is 5.98. The quantitative estimate of drug-likeness (QED) is 0.535. The van der Waals surface area contributed by atoms with E-state index in [-0.39, 0.29) is 12.1 Å². The highest BCUT2D eigenvalue weighted by Crippen LogP contribution is 2.14. The molecule has 1 heterocycles. The molecule has 0 unspecified atom stereocenters. The van der Waals surface area contributed by atoms with Crippen molar-refractivity contribution in [1.29, 1.82) is 0 Å². The third-order valence-electron chi connectivity index (χ3n) is 3.86. The summed E-state index contributed by atoms with van der Waals surface area (Å²) in [4.78, 5) is 34.6. The van der Waals surface area contributed by atoms with E-state index in [0.29, 0.717) is 16.8 Å². The molecular formula is C19H16N4O4. The van der Waals surface area contributed by atoms with Gasteiger partial charge in [-0.25, -0.2) is 0 Å². The summed E-state index contributed by atoms with van der Waals surface area (Å²) in [6, 6.07) is 16.4. The summed E-state index contributed by atoms with van der Waals surface area (Å²) < 4.78 is 1.80. The SMILES string of the molecule is O=C(Cc1ccc([N+](=O)[O-])cc1)NNC(=O)c1ccccc1-n1cccc1. The fourth-order valence-electron chi connectivity index (χ4n) is 2.54. The van der Waals surface area contributed by atoms with Gasteiger partial charge in [0.15, 0.2) is 0 Å². The van der Waals surface area contributed by atoms with Crippen LogP contribution in [0.5, 0.6) is 0 Å². The lowest BCUT2D eigenvalue weighted by atomic mass is 10.1. The van der Waals surface area contributed by atoms with Crippen LogP contribution in [0.15, 0.2) is 73.1 Å². The van der Waals surface area contributed by atoms with Crippen LogP contribution in [0.4, 0.5) is 5.69 Å². The molecule has 2 N–H and O–H groups in total. The average molecular weight is 364 g/mol. The van der Waals surface area contributed by atoms with Crippen molar-refractivity contribution in [2.45, 2.75) is 6.42 Å². The first-order valence-electron chi connectivity index (χ1n) is 8.09. The van der Waals surface area contributed by atoms with E-state index in [9.17, 15) is 19.7 Å².